The summed E-state index contributed by atoms with van der Waals surface area (Å²) in [5.41, 5.74) is 2.54. The van der Waals surface area contributed by atoms with Crippen molar-refractivity contribution in [3.05, 3.63) is 35.5 Å². The molecule has 17 heavy (non-hydrogen) atoms. The molecule has 88 valence electrons. The molecule has 0 saturated heterocycles. The minimum absolute atomic E-state index is 0.104. The standard InChI is InChI=1S/C14H15NO2/c1-9(16)7-8-12-10(2)11-5-3-4-6-13(11)15-14(12)17/h3-6,11H,7-8H2,1-2H3. The van der Waals surface area contributed by atoms with Gasteiger partial charge in [0.1, 0.15) is 5.78 Å². The molecule has 0 aromatic carbocycles. The maximum atomic E-state index is 11.9. The van der Waals surface area contributed by atoms with Crippen LogP contribution < -0.4 is 0 Å². The summed E-state index contributed by atoms with van der Waals surface area (Å²) < 4.78 is 0. The van der Waals surface area contributed by atoms with E-state index in [9.17, 15) is 9.59 Å². The summed E-state index contributed by atoms with van der Waals surface area (Å²) in [5, 5.41) is 0. The van der Waals surface area contributed by atoms with Gasteiger partial charge in [-0.15, -0.1) is 0 Å². The fourth-order valence-corrected chi connectivity index (χ4v) is 2.15. The normalized spacial score (nSPS) is 22.6. The van der Waals surface area contributed by atoms with Crippen LogP contribution in [0, 0.1) is 5.92 Å². The summed E-state index contributed by atoms with van der Waals surface area (Å²) in [4.78, 5) is 26.9. The first-order valence-corrected chi connectivity index (χ1v) is 5.76. The fraction of sp³-hybridized carbons (Fsp3) is 0.357. The number of dihydropyridines is 1. The van der Waals surface area contributed by atoms with Crippen molar-refractivity contribution in [2.75, 3.05) is 0 Å². The summed E-state index contributed by atoms with van der Waals surface area (Å²) in [6.45, 7) is 3.50. The molecule has 0 radical (unpaired) electrons. The largest absolute Gasteiger partial charge is 0.300 e. The molecular weight excluding hydrogens is 214 g/mol. The second-order valence-corrected chi connectivity index (χ2v) is 4.43. The highest BCUT2D eigenvalue weighted by Gasteiger charge is 2.26. The van der Waals surface area contributed by atoms with Crippen LogP contribution in [0.4, 0.5) is 0 Å². The number of hydrogen-bond donors (Lipinski definition) is 0. The SMILES string of the molecule is CC(=O)CCC1=C(C)C2C=CC=CC2=NC1=O. The Balaban J connectivity index is 2.26. The van der Waals surface area contributed by atoms with E-state index in [0.29, 0.717) is 18.4 Å². The lowest BCUT2D eigenvalue weighted by Gasteiger charge is -2.23. The average Bonchev–Trinajstić information content (AvgIpc) is 2.28. The summed E-state index contributed by atoms with van der Waals surface area (Å²) in [7, 11) is 0. The molecule has 2 rings (SSSR count). The van der Waals surface area contributed by atoms with Crippen molar-refractivity contribution in [1.29, 1.82) is 0 Å². The van der Waals surface area contributed by atoms with Gasteiger partial charge in [0.25, 0.3) is 5.91 Å². The van der Waals surface area contributed by atoms with E-state index in [0.717, 1.165) is 11.3 Å². The van der Waals surface area contributed by atoms with Gasteiger partial charge in [-0.05, 0) is 26.3 Å². The first-order chi connectivity index (χ1) is 8.09. The molecule has 1 aliphatic carbocycles. The number of carbonyl (C=O) groups excluding carboxylic acids is 2. The maximum Gasteiger partial charge on any atom is 0.273 e. The Kier molecular flexibility index (Phi) is 3.18. The van der Waals surface area contributed by atoms with E-state index in [1.807, 2.05) is 31.2 Å². The fourth-order valence-electron chi connectivity index (χ4n) is 2.15. The van der Waals surface area contributed by atoms with Crippen molar-refractivity contribution >= 4 is 17.4 Å². The summed E-state index contributed by atoms with van der Waals surface area (Å²) in [5.74, 6) is 0.0292. The molecule has 3 heteroatoms. The predicted molar refractivity (Wildman–Crippen MR) is 66.8 cm³/mol. The lowest BCUT2D eigenvalue weighted by Crippen LogP contribution is -2.23. The van der Waals surface area contributed by atoms with E-state index in [-0.39, 0.29) is 17.6 Å². The van der Waals surface area contributed by atoms with E-state index in [4.69, 9.17) is 0 Å². The van der Waals surface area contributed by atoms with E-state index in [1.54, 1.807) is 6.92 Å². The molecule has 3 nitrogen and oxygen atoms in total. The van der Waals surface area contributed by atoms with Gasteiger partial charge in [-0.3, -0.25) is 4.79 Å². The number of nitrogens with zero attached hydrogens (tertiary/aromatic N) is 1. The van der Waals surface area contributed by atoms with Gasteiger partial charge in [-0.1, -0.05) is 23.8 Å². The van der Waals surface area contributed by atoms with Gasteiger partial charge in [0.15, 0.2) is 0 Å². The number of fused-ring (bicyclic) bond motifs is 1. The molecule has 1 atom stereocenters. The van der Waals surface area contributed by atoms with Crippen molar-refractivity contribution in [2.24, 2.45) is 10.9 Å². The van der Waals surface area contributed by atoms with Gasteiger partial charge >= 0.3 is 0 Å². The quantitative estimate of drug-likeness (QED) is 0.746. The van der Waals surface area contributed by atoms with Crippen LogP contribution in [-0.4, -0.2) is 17.4 Å². The van der Waals surface area contributed by atoms with Crippen LogP contribution in [0.3, 0.4) is 0 Å². The number of allylic oxidation sites excluding steroid dienone is 5. The molecule has 0 spiro atoms. The Morgan fingerprint density at radius 1 is 1.41 bits per heavy atom. The molecule has 0 N–H and O–H groups in total. The zero-order chi connectivity index (χ0) is 12.4. The first-order valence-electron chi connectivity index (χ1n) is 5.76. The average molecular weight is 229 g/mol. The van der Waals surface area contributed by atoms with Crippen molar-refractivity contribution in [1.82, 2.24) is 0 Å². The van der Waals surface area contributed by atoms with Gasteiger partial charge in [0, 0.05) is 17.9 Å². The molecule has 1 heterocycles. The molecule has 0 aromatic heterocycles. The Labute approximate surface area is 101 Å². The molecular formula is C14H15NO2. The molecule has 1 aliphatic heterocycles. The highest BCUT2D eigenvalue weighted by Crippen LogP contribution is 2.29. The number of Topliss-reactive ketones (excluding diaryl/α,β-unsaturated/α-hetero) is 1. The van der Waals surface area contributed by atoms with E-state index in [1.165, 1.54) is 0 Å². The Morgan fingerprint density at radius 3 is 2.88 bits per heavy atom. The number of aliphatic imine (C=N–C) groups is 1. The molecule has 0 saturated carbocycles. The van der Waals surface area contributed by atoms with Crippen LogP contribution in [-0.2, 0) is 9.59 Å². The molecule has 1 amide bonds. The minimum Gasteiger partial charge on any atom is -0.300 e. The monoisotopic (exact) mass is 229 g/mol. The number of carbonyl (C=O) groups is 2. The van der Waals surface area contributed by atoms with E-state index >= 15 is 0 Å². The van der Waals surface area contributed by atoms with Gasteiger partial charge < -0.3 is 4.79 Å². The third-order valence-corrected chi connectivity index (χ3v) is 3.16. The lowest BCUT2D eigenvalue weighted by atomic mass is 9.84. The number of amides is 1. The van der Waals surface area contributed by atoms with Gasteiger partial charge in [0.2, 0.25) is 0 Å². The minimum atomic E-state index is -0.185. The van der Waals surface area contributed by atoms with Crippen molar-refractivity contribution in [3.63, 3.8) is 0 Å². The second kappa shape index (κ2) is 4.62. The van der Waals surface area contributed by atoms with Crippen LogP contribution in [0.5, 0.6) is 0 Å². The maximum absolute atomic E-state index is 11.9. The van der Waals surface area contributed by atoms with Crippen LogP contribution in [0.2, 0.25) is 0 Å². The molecule has 0 aromatic rings. The predicted octanol–water partition coefficient (Wildman–Crippen LogP) is 2.40. The first kappa shape index (κ1) is 11.7. The topological polar surface area (TPSA) is 46.5 Å². The van der Waals surface area contributed by atoms with Crippen LogP contribution >= 0.6 is 0 Å². The highest BCUT2D eigenvalue weighted by atomic mass is 16.1. The zero-order valence-corrected chi connectivity index (χ0v) is 10.1. The highest BCUT2D eigenvalue weighted by molar-refractivity contribution is 6.14. The Hall–Kier alpha value is -1.77. The van der Waals surface area contributed by atoms with E-state index < -0.39 is 0 Å². The lowest BCUT2D eigenvalue weighted by molar-refractivity contribution is -0.117. The zero-order valence-electron chi connectivity index (χ0n) is 10.1. The smallest absolute Gasteiger partial charge is 0.273 e. The number of hydrogen-bond acceptors (Lipinski definition) is 2. The second-order valence-electron chi connectivity index (χ2n) is 4.43. The van der Waals surface area contributed by atoms with Crippen molar-refractivity contribution in [3.8, 4) is 0 Å². The number of rotatable bonds is 3. The number of ketones is 1. The van der Waals surface area contributed by atoms with Gasteiger partial charge in [0.05, 0.1) is 5.71 Å². The van der Waals surface area contributed by atoms with Crippen LogP contribution in [0.15, 0.2) is 40.4 Å². The molecule has 0 fully saturated rings. The molecule has 1 unspecified atom stereocenters. The summed E-state index contributed by atoms with van der Waals surface area (Å²) in [6, 6.07) is 0. The van der Waals surface area contributed by atoms with Crippen molar-refractivity contribution in [2.45, 2.75) is 26.7 Å². The third-order valence-electron chi connectivity index (χ3n) is 3.16. The van der Waals surface area contributed by atoms with Gasteiger partial charge in [-0.25, -0.2) is 4.99 Å². The molecule has 0 bridgehead atoms. The van der Waals surface area contributed by atoms with Crippen LogP contribution in [0.1, 0.15) is 26.7 Å². The Morgan fingerprint density at radius 2 is 2.18 bits per heavy atom. The Bertz CT molecular complexity index is 492. The van der Waals surface area contributed by atoms with E-state index in [2.05, 4.69) is 4.99 Å². The third kappa shape index (κ3) is 2.33. The van der Waals surface area contributed by atoms with Gasteiger partial charge in [-0.2, -0.15) is 0 Å². The van der Waals surface area contributed by atoms with Crippen molar-refractivity contribution < 1.29 is 9.59 Å². The summed E-state index contributed by atoms with van der Waals surface area (Å²) >= 11 is 0. The molecule has 2 aliphatic rings. The summed E-state index contributed by atoms with van der Waals surface area (Å²) in [6.07, 6.45) is 8.67. The van der Waals surface area contributed by atoms with Crippen LogP contribution in [0.25, 0.3) is 0 Å².